The third-order valence-electron chi connectivity index (χ3n) is 1.50. The summed E-state index contributed by atoms with van der Waals surface area (Å²) >= 11 is 5.49. The molecule has 1 aromatic carbocycles. The molecule has 0 unspecified atom stereocenters. The van der Waals surface area contributed by atoms with Crippen molar-refractivity contribution in [3.05, 3.63) is 23.0 Å². The molecule has 1 rings (SSSR count). The van der Waals surface area contributed by atoms with Crippen molar-refractivity contribution in [1.82, 2.24) is 0 Å². The lowest BCUT2D eigenvalue weighted by molar-refractivity contribution is 0.470. The van der Waals surface area contributed by atoms with Crippen LogP contribution in [0.1, 0.15) is 0 Å². The zero-order valence-corrected chi connectivity index (χ0v) is 8.74. The second-order valence-electron chi connectivity index (χ2n) is 2.76. The maximum atomic E-state index is 12.9. The van der Waals surface area contributed by atoms with Gasteiger partial charge >= 0.3 is 0 Å². The van der Waals surface area contributed by atoms with Crippen molar-refractivity contribution in [3.63, 3.8) is 0 Å². The predicted molar refractivity (Wildman–Crippen MR) is 60.2 cm³/mol. The van der Waals surface area contributed by atoms with Crippen LogP contribution in [-0.4, -0.2) is 17.0 Å². The molecule has 0 heterocycles. The molecule has 0 amide bonds. The molecule has 0 aliphatic carbocycles. The topological polar surface area (TPSA) is 123 Å². The molecule has 0 spiro atoms. The lowest BCUT2D eigenvalue weighted by atomic mass is 10.3. The summed E-state index contributed by atoms with van der Waals surface area (Å²) in [4.78, 5) is 7.06. The molecular weight excluding hydrogens is 237 g/mol. The highest BCUT2D eigenvalue weighted by molar-refractivity contribution is 6.31. The minimum Gasteiger partial charge on any atom is -0.506 e. The third kappa shape index (κ3) is 2.99. The predicted octanol–water partition coefficient (Wildman–Crippen LogP) is 0.404. The summed E-state index contributed by atoms with van der Waals surface area (Å²) in [5, 5.41) is 9.13. The van der Waals surface area contributed by atoms with Crippen LogP contribution in [0.2, 0.25) is 5.02 Å². The first-order chi connectivity index (χ1) is 7.40. The van der Waals surface area contributed by atoms with Gasteiger partial charge < -0.3 is 22.3 Å². The summed E-state index contributed by atoms with van der Waals surface area (Å²) in [6.45, 7) is 0. The van der Waals surface area contributed by atoms with E-state index in [1.807, 2.05) is 0 Å². The average molecular weight is 246 g/mol. The fraction of sp³-hybridized carbons (Fsp3) is 0. The first-order valence-electron chi connectivity index (χ1n) is 4.02. The van der Waals surface area contributed by atoms with Gasteiger partial charge in [-0.25, -0.2) is 9.38 Å². The van der Waals surface area contributed by atoms with Crippen molar-refractivity contribution in [2.45, 2.75) is 0 Å². The normalized spacial score (nSPS) is 11.2. The van der Waals surface area contributed by atoms with Gasteiger partial charge in [0, 0.05) is 6.07 Å². The molecule has 0 saturated carbocycles. The van der Waals surface area contributed by atoms with Crippen LogP contribution in [0.4, 0.5) is 10.1 Å². The maximum absolute atomic E-state index is 12.9. The van der Waals surface area contributed by atoms with Crippen molar-refractivity contribution in [2.75, 3.05) is 0 Å². The van der Waals surface area contributed by atoms with Gasteiger partial charge in [0.1, 0.15) is 17.3 Å². The first-order valence-corrected chi connectivity index (χ1v) is 4.39. The van der Waals surface area contributed by atoms with Gasteiger partial charge in [-0.05, 0) is 6.07 Å². The van der Waals surface area contributed by atoms with Crippen molar-refractivity contribution >= 4 is 29.2 Å². The van der Waals surface area contributed by atoms with E-state index >= 15 is 0 Å². The van der Waals surface area contributed by atoms with Gasteiger partial charge in [-0.1, -0.05) is 11.6 Å². The highest BCUT2D eigenvalue weighted by atomic mass is 35.5. The van der Waals surface area contributed by atoms with Gasteiger partial charge in [-0.3, -0.25) is 0 Å². The Morgan fingerprint density at radius 2 is 1.94 bits per heavy atom. The molecule has 0 radical (unpaired) electrons. The number of aromatic hydroxyl groups is 1. The third-order valence-corrected chi connectivity index (χ3v) is 1.79. The monoisotopic (exact) mass is 245 g/mol. The molecule has 86 valence electrons. The number of phenolic OH excluding ortho intramolecular Hbond substituents is 1. The number of hydrogen-bond acceptors (Lipinski definition) is 2. The van der Waals surface area contributed by atoms with Crippen molar-refractivity contribution in [3.8, 4) is 5.75 Å². The summed E-state index contributed by atoms with van der Waals surface area (Å²) < 4.78 is 12.9. The molecule has 8 heteroatoms. The maximum Gasteiger partial charge on any atom is 0.223 e. The van der Waals surface area contributed by atoms with Crippen molar-refractivity contribution in [1.29, 1.82) is 0 Å². The second kappa shape index (κ2) is 4.67. The van der Waals surface area contributed by atoms with E-state index in [1.165, 1.54) is 0 Å². The highest BCUT2D eigenvalue weighted by Crippen LogP contribution is 2.31. The summed E-state index contributed by atoms with van der Waals surface area (Å²) in [6, 6.07) is 1.91. The van der Waals surface area contributed by atoms with Gasteiger partial charge in [0.05, 0.1) is 5.02 Å². The molecule has 7 N–H and O–H groups in total. The average Bonchev–Trinajstić information content (AvgIpc) is 2.12. The molecule has 0 atom stereocenters. The van der Waals surface area contributed by atoms with Crippen molar-refractivity contribution in [2.24, 2.45) is 27.2 Å². The van der Waals surface area contributed by atoms with Gasteiger partial charge in [-0.2, -0.15) is 4.99 Å². The Kier molecular flexibility index (Phi) is 3.51. The van der Waals surface area contributed by atoms with E-state index in [0.29, 0.717) is 0 Å². The molecule has 16 heavy (non-hydrogen) atoms. The lowest BCUT2D eigenvalue weighted by Gasteiger charge is -2.01. The van der Waals surface area contributed by atoms with Gasteiger partial charge in [0.15, 0.2) is 5.96 Å². The number of nitrogens with zero attached hydrogens (tertiary/aromatic N) is 2. The summed E-state index contributed by atoms with van der Waals surface area (Å²) in [5.41, 5.74) is 15.4. The molecule has 0 bridgehead atoms. The van der Waals surface area contributed by atoms with Crippen LogP contribution in [-0.2, 0) is 0 Å². The fourth-order valence-corrected chi connectivity index (χ4v) is 1.05. The number of nitrogens with two attached hydrogens (primary N) is 3. The Hall–Kier alpha value is -2.02. The van der Waals surface area contributed by atoms with E-state index in [9.17, 15) is 9.50 Å². The van der Waals surface area contributed by atoms with Gasteiger partial charge in [0.25, 0.3) is 0 Å². The molecular formula is C8H9ClFN5O. The Morgan fingerprint density at radius 3 is 2.50 bits per heavy atom. The zero-order valence-electron chi connectivity index (χ0n) is 7.98. The SMILES string of the molecule is NC(N)=NC(N)=Nc1cc(Cl)c(F)cc1O. The molecule has 0 aromatic heterocycles. The number of phenols is 1. The Bertz CT molecular complexity index is 470. The van der Waals surface area contributed by atoms with Crippen LogP contribution in [0.3, 0.4) is 0 Å². The van der Waals surface area contributed by atoms with E-state index in [1.54, 1.807) is 0 Å². The molecule has 1 aromatic rings. The molecule has 0 saturated heterocycles. The summed E-state index contributed by atoms with van der Waals surface area (Å²) in [5.74, 6) is -1.75. The Balaban J connectivity index is 3.15. The summed E-state index contributed by atoms with van der Waals surface area (Å²) in [7, 11) is 0. The van der Waals surface area contributed by atoms with E-state index in [-0.39, 0.29) is 22.6 Å². The molecule has 0 fully saturated rings. The number of aliphatic imine (C=N–C) groups is 2. The number of hydrogen-bond donors (Lipinski definition) is 4. The quantitative estimate of drug-likeness (QED) is 0.422. The largest absolute Gasteiger partial charge is 0.506 e. The van der Waals surface area contributed by atoms with E-state index in [0.717, 1.165) is 12.1 Å². The Labute approximate surface area is 95.2 Å². The second-order valence-corrected chi connectivity index (χ2v) is 3.17. The first kappa shape index (κ1) is 12.1. The lowest BCUT2D eigenvalue weighted by Crippen LogP contribution is -2.26. The Morgan fingerprint density at radius 1 is 1.31 bits per heavy atom. The summed E-state index contributed by atoms with van der Waals surface area (Å²) in [6.07, 6.45) is 0. The van der Waals surface area contributed by atoms with Crippen LogP contribution >= 0.6 is 11.6 Å². The van der Waals surface area contributed by atoms with Crippen LogP contribution < -0.4 is 17.2 Å². The molecule has 0 aliphatic heterocycles. The van der Waals surface area contributed by atoms with Crippen LogP contribution in [0.25, 0.3) is 0 Å². The van der Waals surface area contributed by atoms with E-state index in [2.05, 4.69) is 9.98 Å². The minimum atomic E-state index is -0.765. The van der Waals surface area contributed by atoms with E-state index < -0.39 is 11.6 Å². The minimum absolute atomic E-state index is 0.0334. The molecule has 0 aliphatic rings. The number of rotatable bonds is 1. The van der Waals surface area contributed by atoms with Crippen LogP contribution in [0.15, 0.2) is 22.1 Å². The van der Waals surface area contributed by atoms with Gasteiger partial charge in [0.2, 0.25) is 5.96 Å². The zero-order chi connectivity index (χ0) is 12.3. The standard InChI is InChI=1S/C8H9ClFN5O/c9-3-1-5(6(16)2-4(3)10)14-8(13)15-7(11)12/h1-2,16H,(H6,11,12,13,14,15). The fourth-order valence-electron chi connectivity index (χ4n) is 0.896. The number of halogens is 2. The number of benzene rings is 1. The molecule has 6 nitrogen and oxygen atoms in total. The number of guanidine groups is 2. The highest BCUT2D eigenvalue weighted by Gasteiger charge is 2.07. The van der Waals surface area contributed by atoms with Crippen LogP contribution in [0, 0.1) is 5.82 Å². The van der Waals surface area contributed by atoms with E-state index in [4.69, 9.17) is 28.8 Å². The van der Waals surface area contributed by atoms with Gasteiger partial charge in [-0.15, -0.1) is 0 Å². The van der Waals surface area contributed by atoms with Crippen molar-refractivity contribution < 1.29 is 9.50 Å². The van der Waals surface area contributed by atoms with Crippen LogP contribution in [0.5, 0.6) is 5.75 Å². The smallest absolute Gasteiger partial charge is 0.223 e.